The molecule has 2 aliphatic rings. The molecule has 1 heterocycles. The van der Waals surface area contributed by atoms with Gasteiger partial charge in [-0.1, -0.05) is 13.3 Å². The molecular weight excluding hydrogens is 212 g/mol. The molecule has 3 atom stereocenters. The van der Waals surface area contributed by atoms with E-state index in [0.29, 0.717) is 24.5 Å². The highest BCUT2D eigenvalue weighted by Crippen LogP contribution is 2.36. The van der Waals surface area contributed by atoms with Crippen molar-refractivity contribution in [2.75, 3.05) is 13.1 Å². The first-order chi connectivity index (χ1) is 8.22. The van der Waals surface area contributed by atoms with Crippen molar-refractivity contribution in [3.8, 4) is 0 Å². The van der Waals surface area contributed by atoms with Gasteiger partial charge in [-0.3, -0.25) is 4.79 Å². The van der Waals surface area contributed by atoms with Gasteiger partial charge in [0.2, 0.25) is 5.91 Å². The van der Waals surface area contributed by atoms with Gasteiger partial charge >= 0.3 is 0 Å². The lowest BCUT2D eigenvalue weighted by atomic mass is 9.92. The van der Waals surface area contributed by atoms with E-state index in [2.05, 4.69) is 24.1 Å². The van der Waals surface area contributed by atoms with Gasteiger partial charge in [0, 0.05) is 18.6 Å². The highest BCUT2D eigenvalue weighted by atomic mass is 16.2. The molecule has 98 valence electrons. The van der Waals surface area contributed by atoms with Crippen LogP contribution in [0.4, 0.5) is 0 Å². The van der Waals surface area contributed by atoms with Crippen molar-refractivity contribution in [1.29, 1.82) is 0 Å². The van der Waals surface area contributed by atoms with Crippen molar-refractivity contribution in [1.82, 2.24) is 10.2 Å². The number of hydrogen-bond donors (Lipinski definition) is 1. The van der Waals surface area contributed by atoms with Crippen molar-refractivity contribution in [3.63, 3.8) is 0 Å². The molecule has 1 aliphatic carbocycles. The molecule has 0 bridgehead atoms. The molecule has 3 unspecified atom stereocenters. The second-order valence-electron chi connectivity index (χ2n) is 5.68. The average Bonchev–Trinajstić information content (AvgIpc) is 2.83. The van der Waals surface area contributed by atoms with E-state index in [4.69, 9.17) is 0 Å². The summed E-state index contributed by atoms with van der Waals surface area (Å²) in [6, 6.07) is 1.01. The third-order valence-electron chi connectivity index (χ3n) is 4.53. The average molecular weight is 238 g/mol. The van der Waals surface area contributed by atoms with Crippen molar-refractivity contribution in [3.05, 3.63) is 0 Å². The maximum absolute atomic E-state index is 12.2. The van der Waals surface area contributed by atoms with Gasteiger partial charge in [0.05, 0.1) is 6.54 Å². The fourth-order valence-electron chi connectivity index (χ4n) is 3.27. The molecule has 2 fully saturated rings. The van der Waals surface area contributed by atoms with E-state index in [1.54, 1.807) is 0 Å². The second-order valence-corrected chi connectivity index (χ2v) is 5.68. The van der Waals surface area contributed by atoms with Gasteiger partial charge in [-0.15, -0.1) is 0 Å². The molecule has 17 heavy (non-hydrogen) atoms. The number of fused-ring (bicyclic) bond motifs is 1. The van der Waals surface area contributed by atoms with Crippen LogP contribution in [0.1, 0.15) is 52.4 Å². The number of amides is 1. The fourth-order valence-corrected chi connectivity index (χ4v) is 3.27. The third-order valence-corrected chi connectivity index (χ3v) is 4.53. The Morgan fingerprint density at radius 1 is 1.35 bits per heavy atom. The first-order valence-electron chi connectivity index (χ1n) is 7.25. The molecule has 3 heteroatoms. The van der Waals surface area contributed by atoms with Gasteiger partial charge in [0.25, 0.3) is 0 Å². The molecule has 0 spiro atoms. The van der Waals surface area contributed by atoms with Crippen LogP contribution in [0, 0.1) is 5.92 Å². The zero-order chi connectivity index (χ0) is 12.3. The summed E-state index contributed by atoms with van der Waals surface area (Å²) >= 11 is 0. The van der Waals surface area contributed by atoms with Crippen LogP contribution in [0.15, 0.2) is 0 Å². The van der Waals surface area contributed by atoms with Crippen LogP contribution in [-0.4, -0.2) is 36.0 Å². The Morgan fingerprint density at radius 3 is 2.88 bits per heavy atom. The minimum absolute atomic E-state index is 0.321. The summed E-state index contributed by atoms with van der Waals surface area (Å²) in [6.45, 7) is 5.80. The summed E-state index contributed by atoms with van der Waals surface area (Å²) in [7, 11) is 0. The Bertz CT molecular complexity index is 267. The Kier molecular flexibility index (Phi) is 4.43. The Hall–Kier alpha value is -0.570. The SMILES string of the molecule is CCC(C)NCC(=O)N1CCCC2CCCC21. The Morgan fingerprint density at radius 2 is 2.12 bits per heavy atom. The highest BCUT2D eigenvalue weighted by Gasteiger charge is 2.36. The predicted molar refractivity (Wildman–Crippen MR) is 69.8 cm³/mol. The van der Waals surface area contributed by atoms with E-state index < -0.39 is 0 Å². The van der Waals surface area contributed by atoms with Gasteiger partial charge < -0.3 is 10.2 Å². The topological polar surface area (TPSA) is 32.3 Å². The molecule has 1 saturated carbocycles. The van der Waals surface area contributed by atoms with Crippen LogP contribution in [0.5, 0.6) is 0 Å². The standard InChI is InChI=1S/C14H26N2O/c1-3-11(2)15-10-14(17)16-9-5-7-12-6-4-8-13(12)16/h11-13,15H,3-10H2,1-2H3. The molecule has 0 aromatic rings. The monoisotopic (exact) mass is 238 g/mol. The first-order valence-corrected chi connectivity index (χ1v) is 7.25. The summed E-state index contributed by atoms with van der Waals surface area (Å²) in [4.78, 5) is 14.4. The summed E-state index contributed by atoms with van der Waals surface area (Å²) < 4.78 is 0. The van der Waals surface area contributed by atoms with Crippen LogP contribution in [-0.2, 0) is 4.79 Å². The lowest BCUT2D eigenvalue weighted by Crippen LogP contribution is -2.50. The number of hydrogen-bond acceptors (Lipinski definition) is 2. The van der Waals surface area contributed by atoms with Crippen molar-refractivity contribution < 1.29 is 4.79 Å². The van der Waals surface area contributed by atoms with Crippen LogP contribution >= 0.6 is 0 Å². The molecule has 1 amide bonds. The first kappa shape index (κ1) is 12.9. The number of likely N-dealkylation sites (tertiary alicyclic amines) is 1. The van der Waals surface area contributed by atoms with E-state index in [1.165, 1.54) is 32.1 Å². The number of piperidine rings is 1. The van der Waals surface area contributed by atoms with E-state index in [1.807, 2.05) is 0 Å². The lowest BCUT2D eigenvalue weighted by molar-refractivity contribution is -0.135. The van der Waals surface area contributed by atoms with Crippen LogP contribution in [0.25, 0.3) is 0 Å². The highest BCUT2D eigenvalue weighted by molar-refractivity contribution is 5.78. The van der Waals surface area contributed by atoms with Crippen molar-refractivity contribution >= 4 is 5.91 Å². The third kappa shape index (κ3) is 3.01. The summed E-state index contributed by atoms with van der Waals surface area (Å²) in [5, 5.41) is 3.32. The number of carbonyl (C=O) groups is 1. The van der Waals surface area contributed by atoms with Crippen molar-refractivity contribution in [2.24, 2.45) is 5.92 Å². The number of rotatable bonds is 4. The van der Waals surface area contributed by atoms with Gasteiger partial charge in [-0.2, -0.15) is 0 Å². The Balaban J connectivity index is 1.85. The molecule has 0 aromatic heterocycles. The predicted octanol–water partition coefficient (Wildman–Crippen LogP) is 2.17. The smallest absolute Gasteiger partial charge is 0.236 e. The van der Waals surface area contributed by atoms with Gasteiger partial charge in [0.1, 0.15) is 0 Å². The maximum atomic E-state index is 12.2. The van der Waals surface area contributed by atoms with E-state index >= 15 is 0 Å². The van der Waals surface area contributed by atoms with E-state index in [-0.39, 0.29) is 0 Å². The van der Waals surface area contributed by atoms with E-state index in [9.17, 15) is 4.79 Å². The Labute approximate surface area is 105 Å². The molecule has 1 aliphatic heterocycles. The molecule has 3 nitrogen and oxygen atoms in total. The van der Waals surface area contributed by atoms with Gasteiger partial charge in [-0.05, 0) is 44.9 Å². The summed E-state index contributed by atoms with van der Waals surface area (Å²) in [5.74, 6) is 1.12. The van der Waals surface area contributed by atoms with E-state index in [0.717, 1.165) is 18.9 Å². The molecule has 0 radical (unpaired) electrons. The molecular formula is C14H26N2O. The second kappa shape index (κ2) is 5.85. The molecule has 1 saturated heterocycles. The van der Waals surface area contributed by atoms with Crippen LogP contribution < -0.4 is 5.32 Å². The van der Waals surface area contributed by atoms with Crippen molar-refractivity contribution in [2.45, 2.75) is 64.5 Å². The van der Waals surface area contributed by atoms with Gasteiger partial charge in [-0.25, -0.2) is 0 Å². The number of nitrogens with one attached hydrogen (secondary N) is 1. The maximum Gasteiger partial charge on any atom is 0.236 e. The largest absolute Gasteiger partial charge is 0.338 e. The quantitative estimate of drug-likeness (QED) is 0.814. The minimum Gasteiger partial charge on any atom is -0.338 e. The minimum atomic E-state index is 0.321. The summed E-state index contributed by atoms with van der Waals surface area (Å²) in [5.41, 5.74) is 0. The zero-order valence-electron chi connectivity index (χ0n) is 11.2. The van der Waals surface area contributed by atoms with Gasteiger partial charge in [0.15, 0.2) is 0 Å². The fraction of sp³-hybridized carbons (Fsp3) is 0.929. The van der Waals surface area contributed by atoms with Crippen LogP contribution in [0.2, 0.25) is 0 Å². The number of nitrogens with zero attached hydrogens (tertiary/aromatic N) is 1. The van der Waals surface area contributed by atoms with Crippen LogP contribution in [0.3, 0.4) is 0 Å². The normalized spacial score (nSPS) is 30.1. The summed E-state index contributed by atoms with van der Waals surface area (Å²) in [6.07, 6.45) is 7.52. The zero-order valence-corrected chi connectivity index (χ0v) is 11.2. The molecule has 2 rings (SSSR count). The lowest BCUT2D eigenvalue weighted by Gasteiger charge is -2.38. The molecule has 0 aromatic carbocycles. The molecule has 1 N–H and O–H groups in total. The number of carbonyl (C=O) groups excluding carboxylic acids is 1.